The number of hydrogen-bond donors (Lipinski definition) is 0. The summed E-state index contributed by atoms with van der Waals surface area (Å²) in [6, 6.07) is 17.6. The number of nitrogens with zero attached hydrogens (tertiary/aromatic N) is 3. The number of benzene rings is 2. The lowest BCUT2D eigenvalue weighted by atomic mass is 10.1. The fraction of sp³-hybridized carbons (Fsp3) is 0.273. The Bertz CT molecular complexity index is 888. The highest BCUT2D eigenvalue weighted by Gasteiger charge is 2.21. The molecule has 0 bridgehead atoms. The van der Waals surface area contributed by atoms with Gasteiger partial charge in [0.25, 0.3) is 5.91 Å². The lowest BCUT2D eigenvalue weighted by Crippen LogP contribution is -2.27. The van der Waals surface area contributed by atoms with Crippen molar-refractivity contribution in [1.29, 1.82) is 0 Å². The molecule has 0 spiro atoms. The molecule has 0 atom stereocenters. The van der Waals surface area contributed by atoms with Crippen LogP contribution in [0.2, 0.25) is 5.02 Å². The molecule has 1 amide bonds. The van der Waals surface area contributed by atoms with E-state index in [4.69, 9.17) is 16.7 Å². The largest absolute Gasteiger partial charge is 0.342 e. The van der Waals surface area contributed by atoms with Crippen molar-refractivity contribution < 1.29 is 4.79 Å². The molecule has 0 aliphatic rings. The molecule has 0 unspecified atom stereocenters. The first-order valence-electron chi connectivity index (χ1n) is 9.21. The molecule has 3 aromatic rings. The average Bonchev–Trinajstić information content (AvgIpc) is 3.10. The van der Waals surface area contributed by atoms with Gasteiger partial charge in [0.05, 0.1) is 12.1 Å². The van der Waals surface area contributed by atoms with Crippen LogP contribution in [0.4, 0.5) is 0 Å². The summed E-state index contributed by atoms with van der Waals surface area (Å²) >= 11 is 6.02. The third-order valence-corrected chi connectivity index (χ3v) is 4.74. The zero-order valence-corrected chi connectivity index (χ0v) is 16.5. The number of carbonyl (C=O) groups is 1. The van der Waals surface area contributed by atoms with Crippen LogP contribution in [-0.4, -0.2) is 34.2 Å². The second-order valence-electron chi connectivity index (χ2n) is 6.66. The van der Waals surface area contributed by atoms with E-state index < -0.39 is 0 Å². The van der Waals surface area contributed by atoms with E-state index in [1.807, 2.05) is 60.4 Å². The standard InChI is InChI=1S/C22H24ClN3O/c1-3-4-14-25(2)22(27)20-16-26(15-17-8-6-5-7-9-17)24-21(20)18-10-12-19(23)13-11-18/h5-13,16H,3-4,14-15H2,1-2H3. The number of aromatic nitrogens is 2. The summed E-state index contributed by atoms with van der Waals surface area (Å²) in [5, 5.41) is 5.38. The zero-order chi connectivity index (χ0) is 19.2. The van der Waals surface area contributed by atoms with Crippen molar-refractivity contribution in [3.8, 4) is 11.3 Å². The molecule has 3 rings (SSSR count). The van der Waals surface area contributed by atoms with Crippen molar-refractivity contribution in [1.82, 2.24) is 14.7 Å². The number of carbonyl (C=O) groups excluding carboxylic acids is 1. The smallest absolute Gasteiger partial charge is 0.257 e. The molecule has 5 heteroatoms. The normalized spacial score (nSPS) is 10.8. The van der Waals surface area contributed by atoms with E-state index in [1.165, 1.54) is 0 Å². The number of rotatable bonds is 7. The second kappa shape index (κ2) is 8.87. The highest BCUT2D eigenvalue weighted by molar-refractivity contribution is 6.30. The fourth-order valence-electron chi connectivity index (χ4n) is 2.95. The van der Waals surface area contributed by atoms with Crippen molar-refractivity contribution in [2.45, 2.75) is 26.3 Å². The molecule has 27 heavy (non-hydrogen) atoms. The van der Waals surface area contributed by atoms with E-state index in [9.17, 15) is 4.79 Å². The summed E-state index contributed by atoms with van der Waals surface area (Å²) in [5.74, 6) is -0.00675. The summed E-state index contributed by atoms with van der Waals surface area (Å²) in [6.07, 6.45) is 3.88. The minimum absolute atomic E-state index is 0.00675. The van der Waals surface area contributed by atoms with Crippen LogP contribution in [0.3, 0.4) is 0 Å². The molecule has 0 fully saturated rings. The van der Waals surface area contributed by atoms with Gasteiger partial charge in [-0.2, -0.15) is 5.10 Å². The molecule has 0 aliphatic carbocycles. The van der Waals surface area contributed by atoms with E-state index in [-0.39, 0.29) is 5.91 Å². The minimum Gasteiger partial charge on any atom is -0.342 e. The monoisotopic (exact) mass is 381 g/mol. The van der Waals surface area contributed by atoms with Crippen LogP contribution in [0.25, 0.3) is 11.3 Å². The van der Waals surface area contributed by atoms with Crippen molar-refractivity contribution in [3.05, 3.63) is 76.9 Å². The highest BCUT2D eigenvalue weighted by Crippen LogP contribution is 2.25. The average molecular weight is 382 g/mol. The summed E-state index contributed by atoms with van der Waals surface area (Å²) < 4.78 is 1.83. The van der Waals surface area contributed by atoms with E-state index in [0.717, 1.165) is 30.5 Å². The SMILES string of the molecule is CCCCN(C)C(=O)c1cn(Cc2ccccc2)nc1-c1ccc(Cl)cc1. The van der Waals surface area contributed by atoms with Gasteiger partial charge in [0, 0.05) is 30.4 Å². The molecular formula is C22H24ClN3O. The Hall–Kier alpha value is -2.59. The lowest BCUT2D eigenvalue weighted by Gasteiger charge is -2.16. The zero-order valence-electron chi connectivity index (χ0n) is 15.7. The molecule has 4 nitrogen and oxygen atoms in total. The van der Waals surface area contributed by atoms with Crippen molar-refractivity contribution in [2.24, 2.45) is 0 Å². The van der Waals surface area contributed by atoms with E-state index in [2.05, 4.69) is 19.1 Å². The third kappa shape index (κ3) is 4.77. The Morgan fingerprint density at radius 3 is 2.48 bits per heavy atom. The van der Waals surface area contributed by atoms with Crippen molar-refractivity contribution in [3.63, 3.8) is 0 Å². The molecule has 0 saturated carbocycles. The maximum atomic E-state index is 13.0. The first kappa shape index (κ1) is 19.2. The number of unbranched alkanes of at least 4 members (excludes halogenated alkanes) is 1. The molecular weight excluding hydrogens is 358 g/mol. The van der Waals surface area contributed by atoms with Crippen LogP contribution in [0, 0.1) is 0 Å². The van der Waals surface area contributed by atoms with E-state index in [0.29, 0.717) is 22.8 Å². The summed E-state index contributed by atoms with van der Waals surface area (Å²) in [6.45, 7) is 3.47. The van der Waals surface area contributed by atoms with Gasteiger partial charge in [-0.3, -0.25) is 9.48 Å². The van der Waals surface area contributed by atoms with Crippen LogP contribution in [0.5, 0.6) is 0 Å². The number of amides is 1. The highest BCUT2D eigenvalue weighted by atomic mass is 35.5. The van der Waals surface area contributed by atoms with E-state index in [1.54, 1.807) is 4.90 Å². The Balaban J connectivity index is 1.96. The molecule has 0 saturated heterocycles. The topological polar surface area (TPSA) is 38.1 Å². The predicted molar refractivity (Wildman–Crippen MR) is 110 cm³/mol. The molecule has 1 aromatic heterocycles. The van der Waals surface area contributed by atoms with Crippen LogP contribution in [0.1, 0.15) is 35.7 Å². The van der Waals surface area contributed by atoms with Gasteiger partial charge in [0.2, 0.25) is 0 Å². The first-order chi connectivity index (χ1) is 13.1. The molecule has 0 N–H and O–H groups in total. The van der Waals surface area contributed by atoms with E-state index >= 15 is 0 Å². The van der Waals surface area contributed by atoms with Crippen LogP contribution in [0.15, 0.2) is 60.8 Å². The van der Waals surface area contributed by atoms with Crippen molar-refractivity contribution >= 4 is 17.5 Å². The minimum atomic E-state index is -0.00675. The van der Waals surface area contributed by atoms with Crippen molar-refractivity contribution in [2.75, 3.05) is 13.6 Å². The van der Waals surface area contributed by atoms with Gasteiger partial charge in [-0.1, -0.05) is 67.4 Å². The van der Waals surface area contributed by atoms with Gasteiger partial charge in [-0.25, -0.2) is 0 Å². The Morgan fingerprint density at radius 2 is 1.81 bits per heavy atom. The molecule has 0 aliphatic heterocycles. The Labute approximate surface area is 165 Å². The molecule has 2 aromatic carbocycles. The molecule has 0 radical (unpaired) electrons. The Morgan fingerprint density at radius 1 is 1.11 bits per heavy atom. The molecule has 1 heterocycles. The number of halogens is 1. The fourth-order valence-corrected chi connectivity index (χ4v) is 3.08. The van der Waals surface area contributed by atoms with Gasteiger partial charge in [-0.15, -0.1) is 0 Å². The molecule has 140 valence electrons. The second-order valence-corrected chi connectivity index (χ2v) is 7.10. The first-order valence-corrected chi connectivity index (χ1v) is 9.59. The van der Waals surface area contributed by atoms with Gasteiger partial charge in [0.15, 0.2) is 0 Å². The lowest BCUT2D eigenvalue weighted by molar-refractivity contribution is 0.0794. The maximum Gasteiger partial charge on any atom is 0.257 e. The Kier molecular flexibility index (Phi) is 6.30. The van der Waals surface area contributed by atoms with Crippen LogP contribution in [-0.2, 0) is 6.54 Å². The number of hydrogen-bond acceptors (Lipinski definition) is 2. The predicted octanol–water partition coefficient (Wildman–Crippen LogP) is 5.12. The van der Waals surface area contributed by atoms with Gasteiger partial charge in [0.1, 0.15) is 5.69 Å². The third-order valence-electron chi connectivity index (χ3n) is 4.49. The maximum absolute atomic E-state index is 13.0. The van der Waals surface area contributed by atoms with Gasteiger partial charge >= 0.3 is 0 Å². The van der Waals surface area contributed by atoms with Crippen LogP contribution >= 0.6 is 11.6 Å². The quantitative estimate of drug-likeness (QED) is 0.569. The summed E-state index contributed by atoms with van der Waals surface area (Å²) in [4.78, 5) is 14.8. The summed E-state index contributed by atoms with van der Waals surface area (Å²) in [7, 11) is 1.85. The van der Waals surface area contributed by atoms with Gasteiger partial charge < -0.3 is 4.90 Å². The summed E-state index contributed by atoms with van der Waals surface area (Å²) in [5.41, 5.74) is 3.34. The van der Waals surface area contributed by atoms with Gasteiger partial charge in [-0.05, 0) is 24.1 Å². The van der Waals surface area contributed by atoms with Crippen LogP contribution < -0.4 is 0 Å².